The number of aryl methyl sites for hydroxylation is 1. The Morgan fingerprint density at radius 2 is 2.09 bits per heavy atom. The van der Waals surface area contributed by atoms with E-state index in [1.54, 1.807) is 18.6 Å². The highest BCUT2D eigenvalue weighted by atomic mass is 16.3. The van der Waals surface area contributed by atoms with Gasteiger partial charge in [0.25, 0.3) is 5.56 Å². The van der Waals surface area contributed by atoms with Crippen LogP contribution in [-0.4, -0.2) is 38.5 Å². The summed E-state index contributed by atoms with van der Waals surface area (Å²) in [7, 11) is 0. The summed E-state index contributed by atoms with van der Waals surface area (Å²) in [4.78, 5) is 14.1. The van der Waals surface area contributed by atoms with Gasteiger partial charge in [0, 0.05) is 31.3 Å². The molecule has 1 aliphatic heterocycles. The largest absolute Gasteiger partial charge is 0.472 e. The van der Waals surface area contributed by atoms with Gasteiger partial charge in [-0.1, -0.05) is 0 Å². The zero-order valence-electron chi connectivity index (χ0n) is 12.7. The zero-order valence-corrected chi connectivity index (χ0v) is 12.7. The van der Waals surface area contributed by atoms with E-state index in [4.69, 9.17) is 4.42 Å². The first-order valence-corrected chi connectivity index (χ1v) is 7.55. The Labute approximate surface area is 129 Å². The third-order valence-electron chi connectivity index (χ3n) is 4.22. The fraction of sp³-hybridized carbons (Fsp3) is 0.500. The minimum atomic E-state index is -0.864. The van der Waals surface area contributed by atoms with E-state index in [0.29, 0.717) is 12.8 Å². The van der Waals surface area contributed by atoms with Gasteiger partial charge in [0.05, 0.1) is 30.4 Å². The first-order valence-electron chi connectivity index (χ1n) is 7.55. The number of furan rings is 1. The van der Waals surface area contributed by atoms with Crippen molar-refractivity contribution < 1.29 is 9.52 Å². The molecule has 2 aromatic rings. The summed E-state index contributed by atoms with van der Waals surface area (Å²) in [6.07, 6.45) is 4.68. The molecule has 6 nitrogen and oxygen atoms in total. The molecule has 0 saturated carbocycles. The molecule has 0 bridgehead atoms. The van der Waals surface area contributed by atoms with Crippen LogP contribution in [0.25, 0.3) is 0 Å². The van der Waals surface area contributed by atoms with Crippen molar-refractivity contribution in [3.8, 4) is 0 Å². The number of hydrogen-bond acceptors (Lipinski definition) is 5. The van der Waals surface area contributed by atoms with Crippen molar-refractivity contribution in [2.24, 2.45) is 0 Å². The smallest absolute Gasteiger partial charge is 0.266 e. The lowest BCUT2D eigenvalue weighted by atomic mass is 9.91. The molecular formula is C16H21N3O3. The Morgan fingerprint density at radius 3 is 2.77 bits per heavy atom. The molecule has 118 valence electrons. The fourth-order valence-corrected chi connectivity index (χ4v) is 2.87. The summed E-state index contributed by atoms with van der Waals surface area (Å²) in [6, 6.07) is 5.15. The lowest BCUT2D eigenvalue weighted by Crippen LogP contribution is -2.48. The quantitative estimate of drug-likeness (QED) is 0.918. The molecule has 1 aliphatic rings. The minimum absolute atomic E-state index is 0.167. The predicted molar refractivity (Wildman–Crippen MR) is 81.4 cm³/mol. The molecule has 2 aromatic heterocycles. The number of aliphatic hydroxyl groups is 1. The van der Waals surface area contributed by atoms with Crippen LogP contribution in [0.1, 0.15) is 24.1 Å². The van der Waals surface area contributed by atoms with Crippen molar-refractivity contribution in [2.45, 2.75) is 38.5 Å². The van der Waals surface area contributed by atoms with Crippen molar-refractivity contribution in [1.29, 1.82) is 0 Å². The second-order valence-electron chi connectivity index (χ2n) is 6.10. The molecule has 0 radical (unpaired) electrons. The van der Waals surface area contributed by atoms with Crippen LogP contribution in [0.15, 0.2) is 39.9 Å². The second kappa shape index (κ2) is 6.06. The van der Waals surface area contributed by atoms with Crippen LogP contribution in [0.5, 0.6) is 0 Å². The first-order chi connectivity index (χ1) is 10.5. The third kappa shape index (κ3) is 3.45. The Morgan fingerprint density at radius 1 is 1.32 bits per heavy atom. The highest BCUT2D eigenvalue weighted by molar-refractivity contribution is 5.05. The van der Waals surface area contributed by atoms with E-state index in [2.05, 4.69) is 10.00 Å². The summed E-state index contributed by atoms with van der Waals surface area (Å²) < 4.78 is 6.45. The molecule has 3 heterocycles. The molecule has 0 amide bonds. The molecule has 0 spiro atoms. The van der Waals surface area contributed by atoms with Crippen molar-refractivity contribution >= 4 is 0 Å². The Kier molecular flexibility index (Phi) is 4.13. The number of nitrogens with zero attached hydrogens (tertiary/aromatic N) is 3. The van der Waals surface area contributed by atoms with Gasteiger partial charge in [-0.2, -0.15) is 5.10 Å². The maximum Gasteiger partial charge on any atom is 0.266 e. The Balaban J connectivity index is 1.61. The van der Waals surface area contributed by atoms with Crippen molar-refractivity contribution in [3.05, 3.63) is 52.3 Å². The predicted octanol–water partition coefficient (Wildman–Crippen LogP) is 1.17. The average molecular weight is 303 g/mol. The molecule has 0 atom stereocenters. The first kappa shape index (κ1) is 15.0. The third-order valence-corrected chi connectivity index (χ3v) is 4.22. The lowest BCUT2D eigenvalue weighted by Gasteiger charge is -2.38. The highest BCUT2D eigenvalue weighted by Crippen LogP contribution is 2.24. The van der Waals surface area contributed by atoms with Crippen molar-refractivity contribution in [3.63, 3.8) is 0 Å². The van der Waals surface area contributed by atoms with Gasteiger partial charge in [-0.3, -0.25) is 9.69 Å². The summed E-state index contributed by atoms with van der Waals surface area (Å²) in [5.41, 5.74) is 0.889. The molecule has 1 fully saturated rings. The number of aromatic nitrogens is 2. The molecule has 0 aromatic carbocycles. The van der Waals surface area contributed by atoms with E-state index < -0.39 is 5.60 Å². The second-order valence-corrected chi connectivity index (χ2v) is 6.10. The monoisotopic (exact) mass is 303 g/mol. The van der Waals surface area contributed by atoms with E-state index in [1.807, 2.05) is 13.0 Å². The van der Waals surface area contributed by atoms with E-state index in [0.717, 1.165) is 30.9 Å². The van der Waals surface area contributed by atoms with E-state index in [-0.39, 0.29) is 12.1 Å². The van der Waals surface area contributed by atoms with Gasteiger partial charge in [-0.05, 0) is 31.9 Å². The summed E-state index contributed by atoms with van der Waals surface area (Å²) in [5, 5.41) is 14.9. The van der Waals surface area contributed by atoms with Gasteiger partial charge in [-0.15, -0.1) is 0 Å². The highest BCUT2D eigenvalue weighted by Gasteiger charge is 2.33. The van der Waals surface area contributed by atoms with Gasteiger partial charge in [0.1, 0.15) is 0 Å². The molecule has 6 heteroatoms. The number of hydrogen-bond donors (Lipinski definition) is 1. The van der Waals surface area contributed by atoms with Crippen LogP contribution < -0.4 is 5.56 Å². The maximum atomic E-state index is 11.8. The van der Waals surface area contributed by atoms with E-state index >= 15 is 0 Å². The van der Waals surface area contributed by atoms with Crippen LogP contribution in [0.4, 0.5) is 0 Å². The van der Waals surface area contributed by atoms with Crippen LogP contribution in [-0.2, 0) is 13.1 Å². The minimum Gasteiger partial charge on any atom is -0.472 e. The number of piperidine rings is 1. The van der Waals surface area contributed by atoms with E-state index in [1.165, 1.54) is 10.7 Å². The van der Waals surface area contributed by atoms with Crippen LogP contribution >= 0.6 is 0 Å². The number of rotatable bonds is 4. The molecule has 1 saturated heterocycles. The summed E-state index contributed by atoms with van der Waals surface area (Å²) >= 11 is 0. The Bertz CT molecular complexity index is 670. The summed E-state index contributed by atoms with van der Waals surface area (Å²) in [6.45, 7) is 4.51. The molecule has 3 rings (SSSR count). The van der Waals surface area contributed by atoms with E-state index in [9.17, 15) is 9.90 Å². The molecule has 22 heavy (non-hydrogen) atoms. The Hall–Kier alpha value is -1.92. The van der Waals surface area contributed by atoms with Gasteiger partial charge in [-0.25, -0.2) is 4.68 Å². The molecule has 0 unspecified atom stereocenters. The van der Waals surface area contributed by atoms with Crippen LogP contribution in [0.2, 0.25) is 0 Å². The van der Waals surface area contributed by atoms with Gasteiger partial charge < -0.3 is 9.52 Å². The average Bonchev–Trinajstić information content (AvgIpc) is 2.99. The van der Waals surface area contributed by atoms with Gasteiger partial charge in [0.2, 0.25) is 0 Å². The topological polar surface area (TPSA) is 71.5 Å². The zero-order chi connectivity index (χ0) is 15.6. The maximum absolute atomic E-state index is 11.8. The molecule has 1 N–H and O–H groups in total. The molecular weight excluding hydrogens is 282 g/mol. The normalized spacial score (nSPS) is 18.5. The lowest BCUT2D eigenvalue weighted by molar-refractivity contribution is -0.0390. The van der Waals surface area contributed by atoms with Gasteiger partial charge >= 0.3 is 0 Å². The van der Waals surface area contributed by atoms with Crippen molar-refractivity contribution in [2.75, 3.05) is 13.1 Å². The summed E-state index contributed by atoms with van der Waals surface area (Å²) in [5.74, 6) is 0. The van der Waals surface area contributed by atoms with Crippen molar-refractivity contribution in [1.82, 2.24) is 14.7 Å². The molecule has 0 aliphatic carbocycles. The van der Waals surface area contributed by atoms with Crippen LogP contribution in [0.3, 0.4) is 0 Å². The fourth-order valence-electron chi connectivity index (χ4n) is 2.87. The van der Waals surface area contributed by atoms with Gasteiger partial charge in [0.15, 0.2) is 0 Å². The van der Waals surface area contributed by atoms with Crippen LogP contribution in [0, 0.1) is 6.92 Å². The number of likely N-dealkylation sites (tertiary alicyclic amines) is 1. The standard InChI is InChI=1S/C16H21N3O3/c1-13-2-3-15(20)19(17-13)12-16(21)5-7-18(8-6-16)10-14-4-9-22-11-14/h2-4,9,11,21H,5-8,10,12H2,1H3. The SMILES string of the molecule is Cc1ccc(=O)n(CC2(O)CCN(Cc3ccoc3)CC2)n1.